The van der Waals surface area contributed by atoms with E-state index in [1.54, 1.807) is 0 Å². The fraction of sp³-hybridized carbons (Fsp3) is 0.500. The summed E-state index contributed by atoms with van der Waals surface area (Å²) in [4.78, 5) is 22.9. The first-order valence-electron chi connectivity index (χ1n) is 4.14. The average Bonchev–Trinajstić information content (AvgIpc) is 2.39. The van der Waals surface area contributed by atoms with Crippen molar-refractivity contribution in [1.29, 1.82) is 0 Å². The number of carboxylic acids is 1. The maximum Gasteiger partial charge on any atom is 1.00 e. The van der Waals surface area contributed by atoms with E-state index in [-0.39, 0.29) is 43.6 Å². The molecule has 0 aliphatic carbocycles. The molecule has 2 atom stereocenters. The largest absolute Gasteiger partial charge is 1.00 e. The van der Waals surface area contributed by atoms with Crippen LogP contribution in [0.2, 0.25) is 0 Å². The number of aliphatic hydroxyl groups excluding tert-OH is 1. The summed E-state index contributed by atoms with van der Waals surface area (Å²) in [7, 11) is 0. The van der Waals surface area contributed by atoms with Crippen LogP contribution in [0.5, 0.6) is 0 Å². The average molecular weight is 205 g/mol. The molecule has 0 spiro atoms. The van der Waals surface area contributed by atoms with E-state index in [2.05, 4.69) is 0 Å². The zero-order valence-corrected chi connectivity index (χ0v) is 8.17. The van der Waals surface area contributed by atoms with Crippen LogP contribution in [0.1, 0.15) is 6.42 Å². The molecule has 0 bridgehead atoms. The number of aliphatic hydroxyl groups is 1. The molecule has 2 aliphatic heterocycles. The van der Waals surface area contributed by atoms with Crippen molar-refractivity contribution in [2.45, 2.75) is 18.7 Å². The normalized spacial score (nSPS) is 30.3. The summed E-state index contributed by atoms with van der Waals surface area (Å²) in [6.07, 6.45) is 0.918. The van der Waals surface area contributed by atoms with Gasteiger partial charge in [-0.2, -0.15) is 0 Å². The molecule has 0 saturated carbocycles. The van der Waals surface area contributed by atoms with Gasteiger partial charge in [0.2, 0.25) is 5.91 Å². The minimum Gasteiger partial charge on any atom is -0.547 e. The predicted octanol–water partition coefficient (Wildman–Crippen LogP) is -5.43. The quantitative estimate of drug-likeness (QED) is 0.359. The minimum atomic E-state index is -1.39. The maximum atomic E-state index is 11.0. The number of carboxylic acid groups (broad SMARTS) is 1. The standard InChI is InChI=1S/C8H9NO5.Li/c10-2-1-4-7(8(12)13)9-5(11)3-6(9)14-4;/h1,6-7,10H,2-3H2,(H,12,13);/q;+1/p-1/b4-1-;/t6-,7-;/m1./s1. The van der Waals surface area contributed by atoms with E-state index in [0.29, 0.717) is 0 Å². The van der Waals surface area contributed by atoms with Crippen molar-refractivity contribution in [1.82, 2.24) is 4.90 Å². The molecule has 7 heteroatoms. The fourth-order valence-electron chi connectivity index (χ4n) is 1.65. The van der Waals surface area contributed by atoms with Crippen LogP contribution in [0, 0.1) is 0 Å². The summed E-state index contributed by atoms with van der Waals surface area (Å²) in [6.45, 7) is -0.326. The van der Waals surface area contributed by atoms with E-state index >= 15 is 0 Å². The van der Waals surface area contributed by atoms with Gasteiger partial charge in [0.05, 0.1) is 19.0 Å². The fourth-order valence-corrected chi connectivity index (χ4v) is 1.65. The molecule has 1 amide bonds. The Labute approximate surface area is 97.7 Å². The van der Waals surface area contributed by atoms with Gasteiger partial charge in [-0.25, -0.2) is 0 Å². The molecule has 2 saturated heterocycles. The molecule has 0 aromatic heterocycles. The predicted molar refractivity (Wildman–Crippen MR) is 40.3 cm³/mol. The Kier molecular flexibility index (Phi) is 3.45. The number of fused-ring (bicyclic) bond motifs is 1. The third kappa shape index (κ3) is 1.76. The van der Waals surface area contributed by atoms with Crippen molar-refractivity contribution >= 4 is 11.9 Å². The smallest absolute Gasteiger partial charge is 0.547 e. The molecule has 0 aromatic rings. The van der Waals surface area contributed by atoms with Crippen molar-refractivity contribution in [3.8, 4) is 0 Å². The van der Waals surface area contributed by atoms with Crippen LogP contribution in [0.4, 0.5) is 0 Å². The van der Waals surface area contributed by atoms with Crippen molar-refractivity contribution in [2.75, 3.05) is 6.61 Å². The van der Waals surface area contributed by atoms with Gasteiger partial charge < -0.3 is 19.7 Å². The zero-order chi connectivity index (χ0) is 10.3. The van der Waals surface area contributed by atoms with E-state index in [1.807, 2.05) is 0 Å². The molecular weight excluding hydrogens is 197 g/mol. The van der Waals surface area contributed by atoms with Crippen LogP contribution in [0.15, 0.2) is 11.8 Å². The third-order valence-electron chi connectivity index (χ3n) is 2.28. The molecule has 0 unspecified atom stereocenters. The SMILES string of the molecule is O=C([O-])[C@H]1/C(=C/CO)O[C@@H]2CC(=O)N21.[Li+]. The Balaban J connectivity index is 0.00000112. The molecule has 1 N–H and O–H groups in total. The van der Waals surface area contributed by atoms with Gasteiger partial charge in [-0.3, -0.25) is 9.69 Å². The molecule has 2 fully saturated rings. The number of β-lactam (4-membered cyclic amide) rings is 1. The van der Waals surface area contributed by atoms with E-state index < -0.39 is 18.2 Å². The number of nitrogens with zero attached hydrogens (tertiary/aromatic N) is 1. The third-order valence-corrected chi connectivity index (χ3v) is 2.28. The van der Waals surface area contributed by atoms with Crippen LogP contribution >= 0.6 is 0 Å². The van der Waals surface area contributed by atoms with Crippen molar-refractivity contribution in [3.05, 3.63) is 11.8 Å². The number of hydrogen-bond acceptors (Lipinski definition) is 5. The van der Waals surface area contributed by atoms with E-state index in [0.717, 1.165) is 4.90 Å². The zero-order valence-electron chi connectivity index (χ0n) is 8.17. The topological polar surface area (TPSA) is 89.9 Å². The van der Waals surface area contributed by atoms with Crippen molar-refractivity contribution in [3.63, 3.8) is 0 Å². The van der Waals surface area contributed by atoms with Crippen molar-refractivity contribution in [2.24, 2.45) is 0 Å². The summed E-state index contributed by atoms with van der Waals surface area (Å²) < 4.78 is 5.13. The summed E-state index contributed by atoms with van der Waals surface area (Å²) in [6, 6.07) is -1.17. The number of amides is 1. The molecule has 2 rings (SSSR count). The molecule has 15 heavy (non-hydrogen) atoms. The Morgan fingerprint density at radius 3 is 2.87 bits per heavy atom. The summed E-state index contributed by atoms with van der Waals surface area (Å²) in [5.41, 5.74) is 0. The first kappa shape index (κ1) is 12.1. The number of carbonyl (C=O) groups excluding carboxylic acids is 2. The monoisotopic (exact) mass is 205 g/mol. The van der Waals surface area contributed by atoms with E-state index in [4.69, 9.17) is 9.84 Å². The van der Waals surface area contributed by atoms with Gasteiger partial charge in [0.25, 0.3) is 0 Å². The second-order valence-electron chi connectivity index (χ2n) is 3.09. The first-order valence-corrected chi connectivity index (χ1v) is 4.14. The molecular formula is C8H8LiNO5. The number of hydrogen-bond donors (Lipinski definition) is 1. The van der Waals surface area contributed by atoms with Crippen LogP contribution < -0.4 is 24.0 Å². The van der Waals surface area contributed by atoms with Crippen LogP contribution in [0.3, 0.4) is 0 Å². The molecule has 6 nitrogen and oxygen atoms in total. The minimum absolute atomic E-state index is 0. The second kappa shape index (κ2) is 4.27. The van der Waals surface area contributed by atoms with Crippen molar-refractivity contribution < 1.29 is 43.4 Å². The Bertz CT molecular complexity index is 329. The second-order valence-corrected chi connectivity index (χ2v) is 3.09. The Morgan fingerprint density at radius 1 is 1.73 bits per heavy atom. The number of aliphatic carboxylic acids is 1. The summed E-state index contributed by atoms with van der Waals surface area (Å²) in [5.74, 6) is -1.57. The molecule has 76 valence electrons. The van der Waals surface area contributed by atoms with Gasteiger partial charge in [-0.05, 0) is 6.08 Å². The Hall–Kier alpha value is -0.963. The summed E-state index contributed by atoms with van der Waals surface area (Å²) in [5, 5.41) is 19.3. The van der Waals surface area contributed by atoms with Crippen LogP contribution in [-0.4, -0.2) is 40.8 Å². The molecule has 0 aromatic carbocycles. The first-order chi connectivity index (χ1) is 6.65. The van der Waals surface area contributed by atoms with E-state index in [1.165, 1.54) is 6.08 Å². The number of rotatable bonds is 2. The van der Waals surface area contributed by atoms with E-state index in [9.17, 15) is 14.7 Å². The van der Waals surface area contributed by atoms with Gasteiger partial charge in [0, 0.05) is 0 Å². The van der Waals surface area contributed by atoms with Gasteiger partial charge in [-0.15, -0.1) is 0 Å². The van der Waals surface area contributed by atoms with Gasteiger partial charge in [0.15, 0.2) is 6.23 Å². The Morgan fingerprint density at radius 2 is 2.40 bits per heavy atom. The number of ether oxygens (including phenoxy) is 1. The van der Waals surface area contributed by atoms with Gasteiger partial charge in [0.1, 0.15) is 11.8 Å². The van der Waals surface area contributed by atoms with Gasteiger partial charge in [-0.1, -0.05) is 0 Å². The summed E-state index contributed by atoms with van der Waals surface area (Å²) >= 11 is 0. The van der Waals surface area contributed by atoms with Crippen LogP contribution in [0.25, 0.3) is 0 Å². The maximum absolute atomic E-state index is 11.0. The number of carbonyl (C=O) groups is 2. The molecule has 2 heterocycles. The molecule has 0 radical (unpaired) electrons. The van der Waals surface area contributed by atoms with Crippen LogP contribution in [-0.2, 0) is 14.3 Å². The van der Waals surface area contributed by atoms with Gasteiger partial charge >= 0.3 is 18.9 Å². The molecule has 2 aliphatic rings.